The number of aryl methyl sites for hydroxylation is 2. The highest BCUT2D eigenvalue weighted by Crippen LogP contribution is 2.29. The van der Waals surface area contributed by atoms with Crippen LogP contribution in [0.25, 0.3) is 0 Å². The summed E-state index contributed by atoms with van der Waals surface area (Å²) in [5.41, 5.74) is 3.03. The van der Waals surface area contributed by atoms with E-state index in [-0.39, 0.29) is 11.7 Å². The number of hydrogen-bond donors (Lipinski definition) is 3. The molecule has 0 aliphatic heterocycles. The van der Waals surface area contributed by atoms with Gasteiger partial charge in [-0.15, -0.1) is 0 Å². The highest BCUT2D eigenvalue weighted by molar-refractivity contribution is 7.17. The van der Waals surface area contributed by atoms with E-state index in [1.54, 1.807) is 30.8 Å². The fourth-order valence-electron chi connectivity index (χ4n) is 2.60. The average Bonchev–Trinajstić information content (AvgIpc) is 3.23. The molecule has 3 N–H and O–H groups in total. The molecule has 27 heavy (non-hydrogen) atoms. The fraction of sp³-hybridized carbons (Fsp3) is 0.278. The van der Waals surface area contributed by atoms with Crippen molar-refractivity contribution in [1.29, 1.82) is 0 Å². The molecule has 0 fully saturated rings. The van der Waals surface area contributed by atoms with E-state index < -0.39 is 0 Å². The van der Waals surface area contributed by atoms with Crippen LogP contribution in [0.4, 0.5) is 16.6 Å². The number of phenols is 1. The minimum absolute atomic E-state index is 0.143. The monoisotopic (exact) mass is 387 g/mol. The van der Waals surface area contributed by atoms with E-state index in [1.165, 1.54) is 17.5 Å². The van der Waals surface area contributed by atoms with Gasteiger partial charge in [0.2, 0.25) is 0 Å². The van der Waals surface area contributed by atoms with Gasteiger partial charge in [-0.05, 0) is 25.5 Å². The Morgan fingerprint density at radius 3 is 2.89 bits per heavy atom. The van der Waals surface area contributed by atoms with Crippen LogP contribution >= 0.6 is 11.3 Å². The molecule has 0 bridgehead atoms. The number of methoxy groups -OCH3 is 1. The Morgan fingerprint density at radius 2 is 2.15 bits per heavy atom. The van der Waals surface area contributed by atoms with Crippen molar-refractivity contribution >= 4 is 33.9 Å². The Balaban J connectivity index is 1.73. The first-order valence-corrected chi connectivity index (χ1v) is 9.06. The second-order valence-electron chi connectivity index (χ2n) is 6.09. The molecule has 3 aromatic rings. The number of benzene rings is 1. The number of anilines is 3. The summed E-state index contributed by atoms with van der Waals surface area (Å²) in [6.45, 7) is 4.09. The summed E-state index contributed by atoms with van der Waals surface area (Å²) in [5.74, 6) is 0.494. The minimum atomic E-state index is -0.279. The Labute approximate surface area is 160 Å². The molecule has 0 saturated heterocycles. The lowest BCUT2D eigenvalue weighted by Crippen LogP contribution is -2.12. The Morgan fingerprint density at radius 1 is 1.37 bits per heavy atom. The Bertz CT molecular complexity index is 980. The van der Waals surface area contributed by atoms with E-state index in [0.717, 1.165) is 11.3 Å². The molecular formula is C18H21N5O3S. The second-order valence-corrected chi connectivity index (χ2v) is 7.12. The van der Waals surface area contributed by atoms with Crippen LogP contribution < -0.4 is 10.6 Å². The molecule has 142 valence electrons. The number of nitrogens with zero attached hydrogens (tertiary/aromatic N) is 3. The van der Waals surface area contributed by atoms with Crippen LogP contribution in [0, 0.1) is 13.8 Å². The molecule has 0 unspecified atom stereocenters. The summed E-state index contributed by atoms with van der Waals surface area (Å²) in [4.78, 5) is 17.2. The Kier molecular flexibility index (Phi) is 5.43. The summed E-state index contributed by atoms with van der Waals surface area (Å²) < 4.78 is 6.84. The third-order valence-electron chi connectivity index (χ3n) is 4.12. The van der Waals surface area contributed by atoms with Gasteiger partial charge in [-0.3, -0.25) is 9.48 Å². The molecule has 0 spiro atoms. The van der Waals surface area contributed by atoms with Crippen LogP contribution in [0.2, 0.25) is 0 Å². The second kappa shape index (κ2) is 7.77. The van der Waals surface area contributed by atoms with Crippen LogP contribution in [0.5, 0.6) is 5.75 Å². The fourth-order valence-corrected chi connectivity index (χ4v) is 3.32. The largest absolute Gasteiger partial charge is 0.508 e. The van der Waals surface area contributed by atoms with Crippen molar-refractivity contribution in [2.75, 3.05) is 17.7 Å². The van der Waals surface area contributed by atoms with Crippen molar-refractivity contribution in [3.8, 4) is 5.75 Å². The molecule has 0 radical (unpaired) electrons. The smallest absolute Gasteiger partial charge is 0.267 e. The van der Waals surface area contributed by atoms with Crippen molar-refractivity contribution in [3.63, 3.8) is 0 Å². The van der Waals surface area contributed by atoms with Gasteiger partial charge in [0.1, 0.15) is 10.6 Å². The maximum Gasteiger partial charge on any atom is 0.267 e. The molecule has 1 amide bonds. The van der Waals surface area contributed by atoms with E-state index in [2.05, 4.69) is 20.7 Å². The van der Waals surface area contributed by atoms with Gasteiger partial charge in [0.25, 0.3) is 5.91 Å². The summed E-state index contributed by atoms with van der Waals surface area (Å²) in [6.07, 6.45) is 1.51. The number of carbonyl (C=O) groups is 1. The van der Waals surface area contributed by atoms with Gasteiger partial charge in [-0.2, -0.15) is 5.10 Å². The van der Waals surface area contributed by atoms with Gasteiger partial charge in [0, 0.05) is 25.8 Å². The molecule has 1 aromatic carbocycles. The topological polar surface area (TPSA) is 101 Å². The molecule has 3 rings (SSSR count). The number of amides is 1. The number of rotatable bonds is 6. The summed E-state index contributed by atoms with van der Waals surface area (Å²) in [6, 6.07) is 5.24. The van der Waals surface area contributed by atoms with Crippen molar-refractivity contribution in [1.82, 2.24) is 14.8 Å². The normalized spacial score (nSPS) is 10.8. The van der Waals surface area contributed by atoms with Gasteiger partial charge < -0.3 is 20.5 Å². The molecule has 0 saturated carbocycles. The van der Waals surface area contributed by atoms with Crippen LogP contribution in [0.3, 0.4) is 0 Å². The quantitative estimate of drug-likeness (QED) is 0.600. The number of thiazole rings is 1. The zero-order valence-corrected chi connectivity index (χ0v) is 16.3. The molecule has 2 heterocycles. The lowest BCUT2D eigenvalue weighted by molar-refractivity contribution is 0.103. The number of hydrogen-bond acceptors (Lipinski definition) is 7. The molecule has 9 heteroatoms. The van der Waals surface area contributed by atoms with Gasteiger partial charge in [-0.1, -0.05) is 17.4 Å². The highest BCUT2D eigenvalue weighted by atomic mass is 32.1. The van der Waals surface area contributed by atoms with Crippen LogP contribution in [0.1, 0.15) is 26.5 Å². The lowest BCUT2D eigenvalue weighted by Gasteiger charge is -2.11. The predicted octanol–water partition coefficient (Wildman–Crippen LogP) is 3.34. The third kappa shape index (κ3) is 4.09. The van der Waals surface area contributed by atoms with Gasteiger partial charge in [0.15, 0.2) is 10.9 Å². The van der Waals surface area contributed by atoms with Gasteiger partial charge in [0.05, 0.1) is 24.2 Å². The molecule has 0 aliphatic carbocycles. The van der Waals surface area contributed by atoms with Crippen LogP contribution in [-0.2, 0) is 18.4 Å². The predicted molar refractivity (Wildman–Crippen MR) is 105 cm³/mol. The Hall–Kier alpha value is -2.91. The maximum absolute atomic E-state index is 12.6. The van der Waals surface area contributed by atoms with Crippen LogP contribution in [-0.4, -0.2) is 32.9 Å². The van der Waals surface area contributed by atoms with E-state index >= 15 is 0 Å². The van der Waals surface area contributed by atoms with Crippen molar-refractivity contribution in [3.05, 3.63) is 46.1 Å². The van der Waals surface area contributed by atoms with Crippen molar-refractivity contribution in [2.45, 2.75) is 20.5 Å². The zero-order chi connectivity index (χ0) is 19.6. The molecular weight excluding hydrogens is 366 g/mol. The van der Waals surface area contributed by atoms with Crippen LogP contribution in [0.15, 0.2) is 24.4 Å². The molecule has 2 aromatic heterocycles. The molecule has 0 aliphatic rings. The number of nitrogens with one attached hydrogen (secondary N) is 2. The van der Waals surface area contributed by atoms with Gasteiger partial charge in [-0.25, -0.2) is 4.98 Å². The first-order valence-electron chi connectivity index (χ1n) is 8.24. The minimum Gasteiger partial charge on any atom is -0.508 e. The lowest BCUT2D eigenvalue weighted by atomic mass is 10.1. The van der Waals surface area contributed by atoms with E-state index in [0.29, 0.717) is 33.7 Å². The summed E-state index contributed by atoms with van der Waals surface area (Å²) in [7, 11) is 3.46. The highest BCUT2D eigenvalue weighted by Gasteiger charge is 2.15. The molecule has 0 atom stereocenters. The summed E-state index contributed by atoms with van der Waals surface area (Å²) in [5, 5.41) is 20.7. The summed E-state index contributed by atoms with van der Waals surface area (Å²) >= 11 is 1.22. The van der Waals surface area contributed by atoms with E-state index in [9.17, 15) is 9.90 Å². The number of phenolic OH excluding ortho intramolecular Hbond substituents is 1. The third-order valence-corrected chi connectivity index (χ3v) is 5.03. The number of ether oxygens (including phenoxy) is 1. The van der Waals surface area contributed by atoms with Crippen molar-refractivity contribution < 1.29 is 14.6 Å². The van der Waals surface area contributed by atoms with E-state index in [4.69, 9.17) is 4.74 Å². The van der Waals surface area contributed by atoms with Crippen molar-refractivity contribution in [2.24, 2.45) is 7.05 Å². The van der Waals surface area contributed by atoms with Gasteiger partial charge >= 0.3 is 0 Å². The van der Waals surface area contributed by atoms with E-state index in [1.807, 2.05) is 20.0 Å². The SMILES string of the molecule is COCc1cc(Nc2ncc(C(=O)Nc3c(C)ccc(O)c3C)s2)nn1C. The number of carbonyl (C=O) groups excluding carboxylic acids is 1. The average molecular weight is 387 g/mol. The number of aromatic nitrogens is 3. The zero-order valence-electron chi connectivity index (χ0n) is 15.5. The standard InChI is InChI=1S/C18H21N5O3S/c1-10-5-6-13(24)11(2)16(10)21-17(25)14-8-19-18(27-14)20-15-7-12(9-26-4)23(3)22-15/h5-8,24H,9H2,1-4H3,(H,21,25)(H,19,20,22). The molecule has 8 nitrogen and oxygen atoms in total. The maximum atomic E-state index is 12.6. The first-order chi connectivity index (χ1) is 12.9. The first kappa shape index (κ1) is 18.9. The number of aromatic hydroxyl groups is 1.